The molecule has 22 heteroatoms. The van der Waals surface area contributed by atoms with Crippen LogP contribution in [0, 0.1) is 20.2 Å². The summed E-state index contributed by atoms with van der Waals surface area (Å²) in [6, 6.07) is 12.7. The quantitative estimate of drug-likeness (QED) is 0.0102. The van der Waals surface area contributed by atoms with E-state index in [9.17, 15) is 48.2 Å². The van der Waals surface area contributed by atoms with E-state index in [1.165, 1.54) is 30.3 Å². The number of anilines is 1. The molecule has 0 atom stereocenters. The summed E-state index contributed by atoms with van der Waals surface area (Å²) in [5, 5.41) is 55.3. The lowest BCUT2D eigenvalue weighted by Gasteiger charge is -2.27. The van der Waals surface area contributed by atoms with Crippen LogP contribution < -0.4 is 9.74 Å². The molecule has 342 valence electrons. The highest BCUT2D eigenvalue weighted by Gasteiger charge is 2.44. The number of hydrogen-bond donors (Lipinski definition) is 4. The molecular weight excluding hydrogens is 889 g/mol. The van der Waals surface area contributed by atoms with Gasteiger partial charge in [-0.3, -0.25) is 24.8 Å². The average molecular weight is 934 g/mol. The summed E-state index contributed by atoms with van der Waals surface area (Å²) in [7, 11) is -4.54. The molecule has 0 bridgehead atoms. The normalized spacial score (nSPS) is 16.0. The van der Waals surface area contributed by atoms with Crippen LogP contribution in [0.4, 0.5) is 22.9 Å². The van der Waals surface area contributed by atoms with Crippen LogP contribution in [0.2, 0.25) is 0 Å². The number of fused-ring (bicyclic) bond motifs is 2. The molecule has 65 heavy (non-hydrogen) atoms. The SMILES string of the molecule is CC1(C)C(=CC=CC=CC=CC2=[N+](CCCCCC(=O)On3c(O)ccc3O)c3ncc(S(=O)(=O)O)cc3C2(C)C)N(Cc2cc([N+](=O)[O-])cc([N+](=O)[O-])c2)c2ccc(SOOO)cc21. The minimum atomic E-state index is -4.54. The standard InChI is InChI=1S/C43H44N6O14S2/c1-42(2)33-24-31(64-63-62-57)16-17-35(33)46(27-28-21-29(48(53)54)23-30(22-28)49(55)56)37(42)14-10-7-5-6-9-13-36-43(3,4)34-25-32(65(58,59)60)26-44-41(34)45(36)20-12-8-11-15-40(52)61-47-38(50)18-19-39(47)51/h5-7,9-10,13-14,16-19,21-26H,8,11-12,15,20,27H2,1-4H3,(H3-,50,51,57,58,59,60)/p+1. The molecule has 0 spiro atoms. The Morgan fingerprint density at radius 2 is 1.54 bits per heavy atom. The molecular formula is C43H45N6O14S2+. The summed E-state index contributed by atoms with van der Waals surface area (Å²) in [5.74, 6) is -0.979. The van der Waals surface area contributed by atoms with Crippen molar-refractivity contribution >= 4 is 56.7 Å². The van der Waals surface area contributed by atoms with Crippen LogP contribution >= 0.6 is 12.0 Å². The van der Waals surface area contributed by atoms with Crippen molar-refractivity contribution < 1.29 is 61.9 Å². The fourth-order valence-corrected chi connectivity index (χ4v) is 8.64. The number of benzene rings is 2. The van der Waals surface area contributed by atoms with Gasteiger partial charge in [-0.25, -0.2) is 14.6 Å². The van der Waals surface area contributed by atoms with Crippen molar-refractivity contribution in [2.75, 3.05) is 11.4 Å². The first-order chi connectivity index (χ1) is 30.7. The Labute approximate surface area is 376 Å². The summed E-state index contributed by atoms with van der Waals surface area (Å²) in [6.45, 7) is 8.29. The predicted molar refractivity (Wildman–Crippen MR) is 236 cm³/mol. The van der Waals surface area contributed by atoms with E-state index in [1.807, 2.05) is 73.6 Å². The number of hydrogen-bond acceptors (Lipinski definition) is 16. The zero-order valence-electron chi connectivity index (χ0n) is 35.4. The Hall–Kier alpha value is -6.69. The Morgan fingerprint density at radius 1 is 0.877 bits per heavy atom. The Morgan fingerprint density at radius 3 is 2.18 bits per heavy atom. The maximum atomic E-state index is 12.3. The molecule has 0 saturated carbocycles. The van der Waals surface area contributed by atoms with E-state index in [0.717, 1.165) is 47.0 Å². The van der Waals surface area contributed by atoms with E-state index in [-0.39, 0.29) is 17.9 Å². The Kier molecular flexibility index (Phi) is 14.4. The molecule has 0 saturated heterocycles. The van der Waals surface area contributed by atoms with E-state index in [0.29, 0.717) is 52.4 Å². The maximum absolute atomic E-state index is 12.3. The van der Waals surface area contributed by atoms with Crippen molar-refractivity contribution in [1.29, 1.82) is 0 Å². The van der Waals surface area contributed by atoms with Crippen LogP contribution in [-0.4, -0.2) is 70.8 Å². The highest BCUT2D eigenvalue weighted by molar-refractivity contribution is 7.94. The number of nitro benzene ring substituents is 2. The molecule has 20 nitrogen and oxygen atoms in total. The second-order valence-corrected chi connectivity index (χ2v) is 18.2. The zero-order valence-corrected chi connectivity index (χ0v) is 37.1. The van der Waals surface area contributed by atoms with Crippen molar-refractivity contribution in [2.45, 2.75) is 80.5 Å². The van der Waals surface area contributed by atoms with Gasteiger partial charge in [-0.2, -0.15) is 8.42 Å². The van der Waals surface area contributed by atoms with Gasteiger partial charge in [0.25, 0.3) is 21.5 Å². The van der Waals surface area contributed by atoms with Crippen LogP contribution in [-0.2, 0) is 41.7 Å². The minimum absolute atomic E-state index is 0.0163. The number of aromatic nitrogens is 2. The third kappa shape index (κ3) is 10.6. The molecule has 6 rings (SSSR count). The van der Waals surface area contributed by atoms with E-state index in [2.05, 4.69) is 14.4 Å². The van der Waals surface area contributed by atoms with Gasteiger partial charge < -0.3 is 20.0 Å². The third-order valence-electron chi connectivity index (χ3n) is 11.0. The van der Waals surface area contributed by atoms with Gasteiger partial charge >= 0.3 is 11.8 Å². The highest BCUT2D eigenvalue weighted by Crippen LogP contribution is 2.50. The zero-order chi connectivity index (χ0) is 47.3. The second-order valence-electron chi connectivity index (χ2n) is 16.0. The van der Waals surface area contributed by atoms with Crippen LogP contribution in [0.25, 0.3) is 0 Å². The van der Waals surface area contributed by atoms with Gasteiger partial charge in [-0.15, -0.1) is 9.06 Å². The van der Waals surface area contributed by atoms with Crippen molar-refractivity contribution in [3.8, 4) is 11.8 Å². The molecule has 0 fully saturated rings. The van der Waals surface area contributed by atoms with Gasteiger partial charge in [0.05, 0.1) is 45.5 Å². The summed E-state index contributed by atoms with van der Waals surface area (Å²) in [6.07, 6.45) is 15.5. The topological polar surface area (TPSA) is 270 Å². The Bertz CT molecular complexity index is 2740. The molecule has 2 aromatic carbocycles. The number of nitro groups is 2. The molecule has 0 amide bonds. The van der Waals surface area contributed by atoms with Gasteiger partial charge in [0.1, 0.15) is 10.6 Å². The smallest absolute Gasteiger partial charge is 0.333 e. The monoisotopic (exact) mass is 933 g/mol. The van der Waals surface area contributed by atoms with Gasteiger partial charge in [0.2, 0.25) is 11.8 Å². The van der Waals surface area contributed by atoms with Crippen LogP contribution in [0.1, 0.15) is 70.1 Å². The van der Waals surface area contributed by atoms with Crippen molar-refractivity contribution in [2.24, 2.45) is 0 Å². The summed E-state index contributed by atoms with van der Waals surface area (Å²) in [5.41, 5.74) is 1.85. The first-order valence-corrected chi connectivity index (χ1v) is 22.1. The number of aromatic hydroxyl groups is 2. The van der Waals surface area contributed by atoms with E-state index in [1.54, 1.807) is 24.3 Å². The molecule has 0 unspecified atom stereocenters. The average Bonchev–Trinajstić information content (AvgIpc) is 3.76. The second kappa shape index (κ2) is 19.6. The van der Waals surface area contributed by atoms with Gasteiger partial charge in [-0.1, -0.05) is 49.3 Å². The first kappa shape index (κ1) is 47.8. The lowest BCUT2D eigenvalue weighted by atomic mass is 9.82. The molecule has 2 aliphatic rings. The number of rotatable bonds is 19. The minimum Gasteiger partial charge on any atom is -0.492 e. The number of carbonyl (C=O) groups is 1. The van der Waals surface area contributed by atoms with E-state index >= 15 is 0 Å². The predicted octanol–water partition coefficient (Wildman–Crippen LogP) is 7.93. The number of unbranched alkanes of at least 4 members (excludes halogenated alkanes) is 2. The molecule has 2 aromatic heterocycles. The van der Waals surface area contributed by atoms with E-state index in [4.69, 9.17) is 10.1 Å². The van der Waals surface area contributed by atoms with Crippen LogP contribution in [0.15, 0.2) is 119 Å². The van der Waals surface area contributed by atoms with Crippen molar-refractivity contribution in [3.05, 3.63) is 146 Å². The van der Waals surface area contributed by atoms with Crippen molar-refractivity contribution in [1.82, 2.24) is 9.71 Å². The molecule has 4 heterocycles. The maximum Gasteiger partial charge on any atom is 0.333 e. The lowest BCUT2D eigenvalue weighted by molar-refractivity contribution is -0.442. The fourth-order valence-electron chi connectivity index (χ4n) is 7.79. The highest BCUT2D eigenvalue weighted by atomic mass is 32.2. The number of non-ortho nitro benzene ring substituents is 2. The van der Waals surface area contributed by atoms with Crippen LogP contribution in [0.5, 0.6) is 11.8 Å². The number of nitrogens with zero attached hydrogens (tertiary/aromatic N) is 6. The largest absolute Gasteiger partial charge is 0.492 e. The van der Waals surface area contributed by atoms with Gasteiger partial charge in [-0.05, 0) is 85.6 Å². The Balaban J connectivity index is 1.23. The molecule has 0 radical (unpaired) electrons. The molecule has 4 N–H and O–H groups in total. The molecule has 2 aliphatic heterocycles. The first-order valence-electron chi connectivity index (χ1n) is 19.9. The fraction of sp³-hybridized carbons (Fsp3) is 0.279. The summed E-state index contributed by atoms with van der Waals surface area (Å²) in [4.78, 5) is 46.0. The number of carbonyl (C=O) groups excluding carboxylic acids is 1. The van der Waals surface area contributed by atoms with E-state index < -0.39 is 59.9 Å². The number of allylic oxidation sites excluding steroid dienone is 8. The van der Waals surface area contributed by atoms with Gasteiger partial charge in [0.15, 0.2) is 6.20 Å². The molecule has 0 aliphatic carbocycles. The van der Waals surface area contributed by atoms with Crippen LogP contribution in [0.3, 0.4) is 0 Å². The van der Waals surface area contributed by atoms with Crippen molar-refractivity contribution in [3.63, 3.8) is 0 Å². The summed E-state index contributed by atoms with van der Waals surface area (Å²) >= 11 is 0.786. The summed E-state index contributed by atoms with van der Waals surface area (Å²) < 4.78 is 41.1. The van der Waals surface area contributed by atoms with Gasteiger partial charge in [0, 0.05) is 58.9 Å². The lowest BCUT2D eigenvalue weighted by Crippen LogP contribution is -2.28. The third-order valence-corrected chi connectivity index (χ3v) is 12.3. The molecule has 4 aromatic rings. The number of pyridine rings is 1.